The first kappa shape index (κ1) is 24.5. The Bertz CT molecular complexity index is 818. The van der Waals surface area contributed by atoms with Crippen LogP contribution in [-0.4, -0.2) is 74.5 Å². The number of likely N-dealkylation sites (tertiary alicyclic amines) is 1. The van der Waals surface area contributed by atoms with Gasteiger partial charge in [0.05, 0.1) is 12.1 Å². The van der Waals surface area contributed by atoms with Crippen molar-refractivity contribution < 1.29 is 18.0 Å². The molecule has 170 valence electrons. The van der Waals surface area contributed by atoms with Crippen molar-refractivity contribution in [2.45, 2.75) is 32.0 Å². The van der Waals surface area contributed by atoms with Gasteiger partial charge in [-0.05, 0) is 38.0 Å². The van der Waals surface area contributed by atoms with Crippen LogP contribution in [0.3, 0.4) is 0 Å². The topological polar surface area (TPSA) is 60.0 Å². The quantitative estimate of drug-likeness (QED) is 0.421. The van der Waals surface area contributed by atoms with E-state index in [0.717, 1.165) is 38.1 Å². The summed E-state index contributed by atoms with van der Waals surface area (Å²) in [4.78, 5) is 20.0. The number of benzene rings is 1. The van der Waals surface area contributed by atoms with E-state index >= 15 is 0 Å². The van der Waals surface area contributed by atoms with Crippen molar-refractivity contribution in [2.24, 2.45) is 4.99 Å². The second-order valence-corrected chi connectivity index (χ2v) is 7.56. The summed E-state index contributed by atoms with van der Waals surface area (Å²) < 4.78 is 38.3. The summed E-state index contributed by atoms with van der Waals surface area (Å²) >= 11 is 0. The van der Waals surface area contributed by atoms with Gasteiger partial charge in [-0.15, -0.1) is 0 Å². The third kappa shape index (κ3) is 8.50. The molecule has 0 aromatic heterocycles. The fourth-order valence-electron chi connectivity index (χ4n) is 3.11. The molecule has 1 heterocycles. The Morgan fingerprint density at radius 2 is 2.00 bits per heavy atom. The van der Waals surface area contributed by atoms with Gasteiger partial charge in [0.15, 0.2) is 5.96 Å². The zero-order chi connectivity index (χ0) is 22.9. The lowest BCUT2D eigenvalue weighted by molar-refractivity contribution is -0.137. The predicted molar refractivity (Wildman–Crippen MR) is 116 cm³/mol. The van der Waals surface area contributed by atoms with Crippen molar-refractivity contribution in [3.05, 3.63) is 35.4 Å². The fourth-order valence-corrected chi connectivity index (χ4v) is 3.11. The molecular formula is C22H30F3N5O. The van der Waals surface area contributed by atoms with Crippen molar-refractivity contribution in [2.75, 3.05) is 46.8 Å². The van der Waals surface area contributed by atoms with E-state index < -0.39 is 11.7 Å². The van der Waals surface area contributed by atoms with E-state index in [9.17, 15) is 18.0 Å². The number of halogens is 3. The molecule has 0 spiro atoms. The average Bonchev–Trinajstić information content (AvgIpc) is 2.72. The van der Waals surface area contributed by atoms with Crippen molar-refractivity contribution in [3.8, 4) is 11.8 Å². The van der Waals surface area contributed by atoms with Crippen LogP contribution in [0.4, 0.5) is 13.2 Å². The first-order valence-electron chi connectivity index (χ1n) is 10.3. The Labute approximate surface area is 181 Å². The van der Waals surface area contributed by atoms with Gasteiger partial charge >= 0.3 is 6.18 Å². The van der Waals surface area contributed by atoms with Crippen LogP contribution in [-0.2, 0) is 11.0 Å². The molecule has 0 radical (unpaired) electrons. The zero-order valence-corrected chi connectivity index (χ0v) is 18.2. The van der Waals surface area contributed by atoms with Crippen molar-refractivity contribution in [1.82, 2.24) is 20.4 Å². The normalized spacial score (nSPS) is 15.7. The lowest BCUT2D eigenvalue weighted by Crippen LogP contribution is -2.50. The predicted octanol–water partition coefficient (Wildman–Crippen LogP) is 2.16. The third-order valence-corrected chi connectivity index (χ3v) is 4.87. The summed E-state index contributed by atoms with van der Waals surface area (Å²) in [5, 5.41) is 6.55. The molecule has 0 unspecified atom stereocenters. The molecule has 1 saturated heterocycles. The highest BCUT2D eigenvalue weighted by molar-refractivity contribution is 5.80. The van der Waals surface area contributed by atoms with Crippen LogP contribution < -0.4 is 10.6 Å². The van der Waals surface area contributed by atoms with E-state index in [4.69, 9.17) is 0 Å². The smallest absolute Gasteiger partial charge is 0.357 e. The van der Waals surface area contributed by atoms with E-state index in [-0.39, 0.29) is 18.5 Å². The number of hydrogen-bond donors (Lipinski definition) is 2. The lowest BCUT2D eigenvalue weighted by atomic mass is 10.1. The number of hydrogen-bond acceptors (Lipinski definition) is 3. The number of carbonyl (C=O) groups is 1. The maximum absolute atomic E-state index is 12.8. The highest BCUT2D eigenvalue weighted by Gasteiger charge is 2.30. The van der Waals surface area contributed by atoms with E-state index in [1.807, 2.05) is 6.92 Å². The molecule has 2 N–H and O–H groups in total. The molecule has 6 nitrogen and oxygen atoms in total. The van der Waals surface area contributed by atoms with Gasteiger partial charge in [0.1, 0.15) is 6.54 Å². The summed E-state index contributed by atoms with van der Waals surface area (Å²) in [5.41, 5.74) is -0.404. The van der Waals surface area contributed by atoms with Crippen LogP contribution in [0.5, 0.6) is 0 Å². The SMILES string of the molecule is CCNC(=NCC#Cc1cccc(C(F)(F)F)c1)NC1CCN(CC(=O)N(C)C)CC1. The fraction of sp³-hybridized carbons (Fsp3) is 0.545. The molecule has 0 saturated carbocycles. The largest absolute Gasteiger partial charge is 0.416 e. The number of nitrogens with zero attached hydrogens (tertiary/aromatic N) is 3. The highest BCUT2D eigenvalue weighted by atomic mass is 19.4. The monoisotopic (exact) mass is 437 g/mol. The van der Waals surface area contributed by atoms with Crippen LogP contribution in [0.2, 0.25) is 0 Å². The third-order valence-electron chi connectivity index (χ3n) is 4.87. The molecule has 1 aromatic carbocycles. The Balaban J connectivity index is 1.88. The molecule has 31 heavy (non-hydrogen) atoms. The summed E-state index contributed by atoms with van der Waals surface area (Å²) in [6.07, 6.45) is -2.60. The number of nitrogens with one attached hydrogen (secondary N) is 2. The number of amides is 1. The molecule has 9 heteroatoms. The standard InChI is InChI=1S/C22H30F3N5O/c1-4-26-21(28-19-10-13-30(14-11-19)16-20(31)29(2)3)27-12-6-8-17-7-5-9-18(15-17)22(23,24)25/h5,7,9,15,19H,4,10-14,16H2,1-3H3,(H2,26,27,28). The molecule has 0 bridgehead atoms. The Hall–Kier alpha value is -2.73. The summed E-state index contributed by atoms with van der Waals surface area (Å²) in [5.74, 6) is 6.27. The molecule has 1 aromatic rings. The van der Waals surface area contributed by atoms with Crippen molar-refractivity contribution in [3.63, 3.8) is 0 Å². The number of guanidine groups is 1. The van der Waals surface area contributed by atoms with Gasteiger partial charge in [-0.3, -0.25) is 9.69 Å². The van der Waals surface area contributed by atoms with Gasteiger partial charge in [0.2, 0.25) is 5.91 Å². The number of piperidine rings is 1. The van der Waals surface area contributed by atoms with Crippen LogP contribution in [0, 0.1) is 11.8 Å². The molecule has 1 fully saturated rings. The Morgan fingerprint density at radius 1 is 1.29 bits per heavy atom. The van der Waals surface area contributed by atoms with E-state index in [0.29, 0.717) is 24.6 Å². The van der Waals surface area contributed by atoms with Gasteiger partial charge in [-0.25, -0.2) is 4.99 Å². The van der Waals surface area contributed by atoms with E-state index in [1.54, 1.807) is 25.1 Å². The van der Waals surface area contributed by atoms with Crippen LogP contribution in [0.25, 0.3) is 0 Å². The number of aliphatic imine (C=N–C) groups is 1. The molecule has 1 amide bonds. The summed E-state index contributed by atoms with van der Waals surface area (Å²) in [6, 6.07) is 5.19. The Kier molecular flexibility index (Phi) is 9.19. The van der Waals surface area contributed by atoms with Crippen LogP contribution in [0.15, 0.2) is 29.3 Å². The lowest BCUT2D eigenvalue weighted by Gasteiger charge is -2.33. The maximum Gasteiger partial charge on any atom is 0.416 e. The van der Waals surface area contributed by atoms with Gasteiger partial charge in [-0.2, -0.15) is 13.2 Å². The second kappa shape index (κ2) is 11.6. The van der Waals surface area contributed by atoms with Crippen LogP contribution >= 0.6 is 0 Å². The number of carbonyl (C=O) groups excluding carboxylic acids is 1. The van der Waals surface area contributed by atoms with Gasteiger partial charge in [0, 0.05) is 45.3 Å². The number of alkyl halides is 3. The van der Waals surface area contributed by atoms with Crippen LogP contribution in [0.1, 0.15) is 30.9 Å². The first-order chi connectivity index (χ1) is 14.7. The van der Waals surface area contributed by atoms with Crippen molar-refractivity contribution in [1.29, 1.82) is 0 Å². The molecule has 1 aliphatic heterocycles. The number of rotatable bonds is 5. The molecule has 1 aliphatic rings. The molecule has 2 rings (SSSR count). The Morgan fingerprint density at radius 3 is 2.61 bits per heavy atom. The average molecular weight is 438 g/mol. The van der Waals surface area contributed by atoms with Crippen molar-refractivity contribution >= 4 is 11.9 Å². The summed E-state index contributed by atoms with van der Waals surface area (Å²) in [7, 11) is 3.51. The van der Waals surface area contributed by atoms with E-state index in [2.05, 4.69) is 32.4 Å². The first-order valence-corrected chi connectivity index (χ1v) is 10.3. The minimum atomic E-state index is -4.38. The van der Waals surface area contributed by atoms with Gasteiger partial charge < -0.3 is 15.5 Å². The summed E-state index contributed by atoms with van der Waals surface area (Å²) in [6.45, 7) is 4.89. The van der Waals surface area contributed by atoms with E-state index in [1.165, 1.54) is 6.07 Å². The molecular weight excluding hydrogens is 407 g/mol. The second-order valence-electron chi connectivity index (χ2n) is 7.56. The highest BCUT2D eigenvalue weighted by Crippen LogP contribution is 2.29. The molecule has 0 aliphatic carbocycles. The van der Waals surface area contributed by atoms with Gasteiger partial charge in [0.25, 0.3) is 0 Å². The number of likely N-dealkylation sites (N-methyl/N-ethyl adjacent to an activating group) is 1. The zero-order valence-electron chi connectivity index (χ0n) is 18.2. The molecule has 0 atom stereocenters. The minimum absolute atomic E-state index is 0.0978. The van der Waals surface area contributed by atoms with Gasteiger partial charge in [-0.1, -0.05) is 17.9 Å². The maximum atomic E-state index is 12.8. The minimum Gasteiger partial charge on any atom is -0.357 e.